The normalized spacial score (nSPS) is 10.2. The van der Waals surface area contributed by atoms with E-state index in [1.165, 1.54) is 11.3 Å². The van der Waals surface area contributed by atoms with E-state index in [1.54, 1.807) is 12.3 Å². The number of nitrogens with zero attached hydrogens (tertiary/aromatic N) is 1. The Morgan fingerprint density at radius 3 is 2.94 bits per heavy atom. The van der Waals surface area contributed by atoms with Gasteiger partial charge in [-0.05, 0) is 13.0 Å². The van der Waals surface area contributed by atoms with Crippen LogP contribution in [0.15, 0.2) is 34.1 Å². The van der Waals surface area contributed by atoms with Crippen LogP contribution < -0.4 is 0 Å². The number of thiazole rings is 1. The zero-order valence-electron chi connectivity index (χ0n) is 9.14. The van der Waals surface area contributed by atoms with E-state index < -0.39 is 0 Å². The highest BCUT2D eigenvalue weighted by Crippen LogP contribution is 2.30. The molecule has 17 heavy (non-hydrogen) atoms. The Kier molecular flexibility index (Phi) is 3.91. The van der Waals surface area contributed by atoms with E-state index in [1.807, 2.05) is 24.3 Å². The lowest BCUT2D eigenvalue weighted by Gasteiger charge is -1.99. The van der Waals surface area contributed by atoms with Crippen LogP contribution in [0.1, 0.15) is 17.4 Å². The van der Waals surface area contributed by atoms with Crippen molar-refractivity contribution >= 4 is 33.2 Å². The molecule has 0 aliphatic carbocycles. The predicted molar refractivity (Wildman–Crippen MR) is 71.2 cm³/mol. The van der Waals surface area contributed by atoms with Crippen LogP contribution in [0.5, 0.6) is 0 Å². The van der Waals surface area contributed by atoms with Gasteiger partial charge in [-0.25, -0.2) is 9.78 Å². The van der Waals surface area contributed by atoms with Gasteiger partial charge in [0.05, 0.1) is 6.61 Å². The molecule has 0 amide bonds. The molecule has 0 saturated heterocycles. The fourth-order valence-electron chi connectivity index (χ4n) is 1.33. The summed E-state index contributed by atoms with van der Waals surface area (Å²) in [7, 11) is 0. The maximum Gasteiger partial charge on any atom is 0.357 e. The number of halogens is 1. The van der Waals surface area contributed by atoms with Crippen LogP contribution >= 0.6 is 27.3 Å². The largest absolute Gasteiger partial charge is 0.461 e. The molecule has 2 rings (SSSR count). The maximum absolute atomic E-state index is 11.5. The van der Waals surface area contributed by atoms with Gasteiger partial charge in [0.25, 0.3) is 0 Å². The summed E-state index contributed by atoms with van der Waals surface area (Å²) in [4.78, 5) is 15.8. The lowest BCUT2D eigenvalue weighted by Crippen LogP contribution is -2.04. The number of benzene rings is 1. The summed E-state index contributed by atoms with van der Waals surface area (Å²) in [6.45, 7) is 2.14. The van der Waals surface area contributed by atoms with E-state index in [9.17, 15) is 4.79 Å². The molecule has 0 N–H and O–H groups in total. The zero-order valence-corrected chi connectivity index (χ0v) is 11.5. The van der Waals surface area contributed by atoms with Crippen molar-refractivity contribution in [3.05, 3.63) is 39.8 Å². The van der Waals surface area contributed by atoms with Gasteiger partial charge in [0.2, 0.25) is 0 Å². The van der Waals surface area contributed by atoms with Crippen LogP contribution in [0, 0.1) is 0 Å². The Balaban J connectivity index is 2.30. The molecule has 0 fully saturated rings. The third-order valence-electron chi connectivity index (χ3n) is 2.09. The molecule has 0 saturated carbocycles. The number of carbonyl (C=O) groups is 1. The van der Waals surface area contributed by atoms with Gasteiger partial charge in [-0.15, -0.1) is 11.3 Å². The number of rotatable bonds is 3. The molecule has 0 aliphatic heterocycles. The van der Waals surface area contributed by atoms with Crippen molar-refractivity contribution in [3.63, 3.8) is 0 Å². The first-order valence-corrected chi connectivity index (χ1v) is 6.77. The lowest BCUT2D eigenvalue weighted by molar-refractivity contribution is 0.0520. The Hall–Kier alpha value is -1.20. The van der Waals surface area contributed by atoms with Crippen LogP contribution in [0.25, 0.3) is 10.6 Å². The summed E-state index contributed by atoms with van der Waals surface area (Å²) in [5.74, 6) is -0.373. The number of hydrogen-bond donors (Lipinski definition) is 0. The fraction of sp³-hybridized carbons (Fsp3) is 0.167. The maximum atomic E-state index is 11.5. The van der Waals surface area contributed by atoms with Crippen LogP contribution in [0.2, 0.25) is 0 Å². The van der Waals surface area contributed by atoms with Crippen LogP contribution in [-0.4, -0.2) is 17.6 Å². The molecule has 0 aliphatic rings. The molecule has 88 valence electrons. The van der Waals surface area contributed by atoms with Gasteiger partial charge in [0.1, 0.15) is 5.01 Å². The molecule has 0 bridgehead atoms. The molecule has 1 aromatic carbocycles. The molecule has 0 atom stereocenters. The van der Waals surface area contributed by atoms with Gasteiger partial charge in [-0.3, -0.25) is 0 Å². The van der Waals surface area contributed by atoms with Gasteiger partial charge in [-0.2, -0.15) is 0 Å². The van der Waals surface area contributed by atoms with Crippen molar-refractivity contribution in [2.45, 2.75) is 6.92 Å². The van der Waals surface area contributed by atoms with Gasteiger partial charge >= 0.3 is 5.97 Å². The van der Waals surface area contributed by atoms with E-state index in [0.717, 1.165) is 15.0 Å². The Bertz CT molecular complexity index is 539. The summed E-state index contributed by atoms with van der Waals surface area (Å²) in [5.41, 5.74) is 1.34. The van der Waals surface area contributed by atoms with E-state index in [2.05, 4.69) is 20.9 Å². The Morgan fingerprint density at radius 2 is 2.24 bits per heavy atom. The number of carbonyl (C=O) groups excluding carboxylic acids is 1. The molecule has 0 spiro atoms. The Labute approximate surface area is 112 Å². The van der Waals surface area contributed by atoms with E-state index in [-0.39, 0.29) is 5.97 Å². The molecule has 0 unspecified atom stereocenters. The second-order valence-electron chi connectivity index (χ2n) is 3.24. The van der Waals surface area contributed by atoms with Crippen molar-refractivity contribution in [1.82, 2.24) is 4.98 Å². The average Bonchev–Trinajstić information content (AvgIpc) is 2.79. The minimum atomic E-state index is -0.373. The number of aromatic nitrogens is 1. The van der Waals surface area contributed by atoms with Crippen molar-refractivity contribution in [1.29, 1.82) is 0 Å². The first-order chi connectivity index (χ1) is 8.22. The molecule has 0 radical (unpaired) electrons. The smallest absolute Gasteiger partial charge is 0.357 e. The topological polar surface area (TPSA) is 39.2 Å². The van der Waals surface area contributed by atoms with Crippen LogP contribution in [-0.2, 0) is 4.74 Å². The second kappa shape index (κ2) is 5.42. The highest BCUT2D eigenvalue weighted by atomic mass is 79.9. The lowest BCUT2D eigenvalue weighted by atomic mass is 10.2. The summed E-state index contributed by atoms with van der Waals surface area (Å²) in [5, 5.41) is 2.52. The van der Waals surface area contributed by atoms with Gasteiger partial charge in [-0.1, -0.05) is 34.1 Å². The van der Waals surface area contributed by atoms with Crippen molar-refractivity contribution in [2.24, 2.45) is 0 Å². The Morgan fingerprint density at radius 1 is 1.47 bits per heavy atom. The molecule has 5 heteroatoms. The van der Waals surface area contributed by atoms with E-state index >= 15 is 0 Å². The standard InChI is InChI=1S/C12H10BrNO2S/c1-2-16-12(15)10-7-17-11(14-10)8-5-3-4-6-9(8)13/h3-7H,2H2,1H3. The minimum Gasteiger partial charge on any atom is -0.461 e. The molecule has 2 aromatic rings. The fourth-order valence-corrected chi connectivity index (χ4v) is 2.76. The number of hydrogen-bond acceptors (Lipinski definition) is 4. The third kappa shape index (κ3) is 2.73. The quantitative estimate of drug-likeness (QED) is 0.810. The average molecular weight is 312 g/mol. The number of ether oxygens (including phenoxy) is 1. The summed E-state index contributed by atoms with van der Waals surface area (Å²) < 4.78 is 5.86. The highest BCUT2D eigenvalue weighted by Gasteiger charge is 2.13. The highest BCUT2D eigenvalue weighted by molar-refractivity contribution is 9.10. The summed E-state index contributed by atoms with van der Waals surface area (Å²) in [6.07, 6.45) is 0. The van der Waals surface area contributed by atoms with Gasteiger partial charge < -0.3 is 4.74 Å². The molecular weight excluding hydrogens is 302 g/mol. The molecular formula is C12H10BrNO2S. The van der Waals surface area contributed by atoms with Crippen molar-refractivity contribution in [3.8, 4) is 10.6 Å². The zero-order chi connectivity index (χ0) is 12.3. The van der Waals surface area contributed by atoms with Gasteiger partial charge in [0.15, 0.2) is 5.69 Å². The second-order valence-corrected chi connectivity index (χ2v) is 4.95. The molecule has 1 aromatic heterocycles. The number of esters is 1. The first kappa shape index (κ1) is 12.3. The van der Waals surface area contributed by atoms with Crippen LogP contribution in [0.4, 0.5) is 0 Å². The minimum absolute atomic E-state index is 0.362. The summed E-state index contributed by atoms with van der Waals surface area (Å²) >= 11 is 4.89. The predicted octanol–water partition coefficient (Wildman–Crippen LogP) is 3.75. The van der Waals surface area contributed by atoms with E-state index in [0.29, 0.717) is 12.3 Å². The summed E-state index contributed by atoms with van der Waals surface area (Å²) in [6, 6.07) is 7.78. The van der Waals surface area contributed by atoms with Crippen LogP contribution in [0.3, 0.4) is 0 Å². The molecule has 1 heterocycles. The molecule has 3 nitrogen and oxygen atoms in total. The first-order valence-electron chi connectivity index (χ1n) is 5.10. The SMILES string of the molecule is CCOC(=O)c1csc(-c2ccccc2Br)n1. The van der Waals surface area contributed by atoms with Gasteiger partial charge in [0, 0.05) is 15.4 Å². The van der Waals surface area contributed by atoms with E-state index in [4.69, 9.17) is 4.74 Å². The van der Waals surface area contributed by atoms with Crippen molar-refractivity contribution < 1.29 is 9.53 Å². The monoisotopic (exact) mass is 311 g/mol. The third-order valence-corrected chi connectivity index (χ3v) is 3.66. The van der Waals surface area contributed by atoms with Crippen molar-refractivity contribution in [2.75, 3.05) is 6.61 Å².